The van der Waals surface area contributed by atoms with Crippen LogP contribution >= 0.6 is 0 Å². The molecule has 2 unspecified atom stereocenters. The van der Waals surface area contributed by atoms with Crippen molar-refractivity contribution in [1.29, 1.82) is 0 Å². The summed E-state index contributed by atoms with van der Waals surface area (Å²) in [5, 5.41) is 11.7. The summed E-state index contributed by atoms with van der Waals surface area (Å²) in [6.45, 7) is 0.780. The number of aliphatic carboxylic acids is 1. The number of carbonyl (C=O) groups is 2. The van der Waals surface area contributed by atoms with Gasteiger partial charge in [-0.05, 0) is 19.3 Å². The molecule has 2 aliphatic rings. The second-order valence-electron chi connectivity index (χ2n) is 4.86. The van der Waals surface area contributed by atoms with Crippen molar-refractivity contribution in [2.45, 2.75) is 31.3 Å². The number of hydrogen-bond donors (Lipinski definition) is 3. The Kier molecular flexibility index (Phi) is 3.63. The van der Waals surface area contributed by atoms with Crippen LogP contribution in [0.25, 0.3) is 0 Å². The highest BCUT2D eigenvalue weighted by Crippen LogP contribution is 2.26. The van der Waals surface area contributed by atoms with Gasteiger partial charge in [0.1, 0.15) is 0 Å². The van der Waals surface area contributed by atoms with E-state index in [9.17, 15) is 9.59 Å². The van der Waals surface area contributed by atoms with Gasteiger partial charge in [-0.15, -0.1) is 0 Å². The maximum Gasteiger partial charge on any atom is 0.306 e. The summed E-state index contributed by atoms with van der Waals surface area (Å²) in [7, 11) is 0. The van der Waals surface area contributed by atoms with E-state index in [4.69, 9.17) is 15.6 Å². The molecule has 96 valence electrons. The monoisotopic (exact) mass is 242 g/mol. The minimum atomic E-state index is -0.775. The molecule has 1 saturated carbocycles. The zero-order chi connectivity index (χ0) is 12.4. The smallest absolute Gasteiger partial charge is 0.306 e. The largest absolute Gasteiger partial charge is 0.481 e. The van der Waals surface area contributed by atoms with Crippen molar-refractivity contribution < 1.29 is 19.4 Å². The average molecular weight is 242 g/mol. The molecule has 0 aromatic carbocycles. The fraction of sp³-hybridized carbons (Fsp3) is 0.818. The summed E-state index contributed by atoms with van der Waals surface area (Å²) in [4.78, 5) is 22.7. The summed E-state index contributed by atoms with van der Waals surface area (Å²) in [5.74, 6) is -1.50. The normalized spacial score (nSPS) is 37.0. The fourth-order valence-electron chi connectivity index (χ4n) is 2.49. The van der Waals surface area contributed by atoms with E-state index in [1.54, 1.807) is 0 Å². The molecule has 1 aliphatic carbocycles. The van der Waals surface area contributed by atoms with E-state index in [2.05, 4.69) is 5.32 Å². The lowest BCUT2D eigenvalue weighted by Crippen LogP contribution is -2.44. The lowest BCUT2D eigenvalue weighted by molar-refractivity contribution is -0.141. The zero-order valence-corrected chi connectivity index (χ0v) is 9.59. The molecule has 0 radical (unpaired) electrons. The van der Waals surface area contributed by atoms with Crippen LogP contribution < -0.4 is 11.1 Å². The van der Waals surface area contributed by atoms with Gasteiger partial charge in [0, 0.05) is 12.1 Å². The lowest BCUT2D eigenvalue weighted by atomic mass is 10.0. The molecular weight excluding hydrogens is 224 g/mol. The van der Waals surface area contributed by atoms with Crippen LogP contribution in [0.5, 0.6) is 0 Å². The first-order chi connectivity index (χ1) is 8.08. The van der Waals surface area contributed by atoms with Crippen molar-refractivity contribution in [3.05, 3.63) is 0 Å². The van der Waals surface area contributed by atoms with Crippen molar-refractivity contribution >= 4 is 11.9 Å². The number of carbonyl (C=O) groups excluding carboxylic acids is 1. The molecular formula is C11H18N2O4. The van der Waals surface area contributed by atoms with Crippen molar-refractivity contribution in [2.75, 3.05) is 13.2 Å². The Balaban J connectivity index is 1.82. The number of ether oxygens (including phenoxy) is 1. The van der Waals surface area contributed by atoms with E-state index in [0.717, 1.165) is 6.42 Å². The van der Waals surface area contributed by atoms with E-state index in [1.807, 2.05) is 0 Å². The number of hydrogen-bond acceptors (Lipinski definition) is 4. The van der Waals surface area contributed by atoms with Crippen molar-refractivity contribution in [1.82, 2.24) is 5.32 Å². The second kappa shape index (κ2) is 5.01. The van der Waals surface area contributed by atoms with E-state index in [-0.39, 0.29) is 29.8 Å². The molecule has 1 amide bonds. The maximum atomic E-state index is 11.9. The Morgan fingerprint density at radius 3 is 2.59 bits per heavy atom. The molecule has 0 aromatic heterocycles. The molecule has 1 saturated heterocycles. The molecule has 2 rings (SSSR count). The number of carboxylic acids is 1. The van der Waals surface area contributed by atoms with Crippen molar-refractivity contribution in [3.63, 3.8) is 0 Å². The standard InChI is InChI=1S/C11H18N2O4/c12-9-5-17-4-8(9)10(14)13-7-2-1-6(3-7)11(15)16/h6-9H,1-5,12H2,(H,13,14)(H,15,16)/t6-,7+,8?,9?/m1/s1. The minimum absolute atomic E-state index is 0.0311. The molecule has 6 heteroatoms. The second-order valence-corrected chi connectivity index (χ2v) is 4.86. The number of nitrogens with one attached hydrogen (secondary N) is 1. The molecule has 2 fully saturated rings. The minimum Gasteiger partial charge on any atom is -0.481 e. The maximum absolute atomic E-state index is 11.9. The third-order valence-electron chi connectivity index (χ3n) is 3.59. The average Bonchev–Trinajstić information content (AvgIpc) is 2.86. The summed E-state index contributed by atoms with van der Waals surface area (Å²) in [5.41, 5.74) is 5.75. The number of nitrogens with two attached hydrogens (primary N) is 1. The summed E-state index contributed by atoms with van der Waals surface area (Å²) < 4.78 is 5.13. The molecule has 0 bridgehead atoms. The first-order valence-corrected chi connectivity index (χ1v) is 5.94. The fourth-order valence-corrected chi connectivity index (χ4v) is 2.49. The highest BCUT2D eigenvalue weighted by atomic mass is 16.5. The van der Waals surface area contributed by atoms with Crippen LogP contribution in [0.4, 0.5) is 0 Å². The van der Waals surface area contributed by atoms with Gasteiger partial charge >= 0.3 is 5.97 Å². The van der Waals surface area contributed by atoms with E-state index >= 15 is 0 Å². The Morgan fingerprint density at radius 1 is 1.29 bits per heavy atom. The van der Waals surface area contributed by atoms with Gasteiger partial charge in [0.25, 0.3) is 0 Å². The molecule has 4 N–H and O–H groups in total. The molecule has 1 heterocycles. The molecule has 6 nitrogen and oxygen atoms in total. The number of rotatable bonds is 3. The Bertz CT molecular complexity index is 321. The van der Waals surface area contributed by atoms with Gasteiger partial charge in [0.05, 0.1) is 25.0 Å². The van der Waals surface area contributed by atoms with Crippen LogP contribution in [0.1, 0.15) is 19.3 Å². The lowest BCUT2D eigenvalue weighted by Gasteiger charge is -2.17. The molecule has 1 aliphatic heterocycles. The first kappa shape index (κ1) is 12.3. The van der Waals surface area contributed by atoms with Crippen LogP contribution in [-0.2, 0) is 14.3 Å². The van der Waals surface area contributed by atoms with Crippen molar-refractivity contribution in [3.8, 4) is 0 Å². The first-order valence-electron chi connectivity index (χ1n) is 5.94. The Labute approximate surface area is 99.5 Å². The Morgan fingerprint density at radius 2 is 2.06 bits per heavy atom. The predicted molar refractivity (Wildman–Crippen MR) is 59.2 cm³/mol. The SMILES string of the molecule is NC1COCC1C(=O)N[C@H]1CC[C@@H](C(=O)O)C1. The molecule has 0 spiro atoms. The van der Waals surface area contributed by atoms with Gasteiger partial charge in [0.2, 0.25) is 5.91 Å². The van der Waals surface area contributed by atoms with Gasteiger partial charge in [0.15, 0.2) is 0 Å². The van der Waals surface area contributed by atoms with Crippen LogP contribution in [0.2, 0.25) is 0 Å². The van der Waals surface area contributed by atoms with E-state index in [0.29, 0.717) is 26.1 Å². The Hall–Kier alpha value is -1.14. The molecule has 0 aromatic rings. The van der Waals surface area contributed by atoms with E-state index < -0.39 is 5.97 Å². The summed E-state index contributed by atoms with van der Waals surface area (Å²) in [6, 6.07) is -0.275. The van der Waals surface area contributed by atoms with Gasteiger partial charge in [-0.3, -0.25) is 9.59 Å². The van der Waals surface area contributed by atoms with E-state index in [1.165, 1.54) is 0 Å². The van der Waals surface area contributed by atoms with Gasteiger partial charge in [-0.2, -0.15) is 0 Å². The zero-order valence-electron chi connectivity index (χ0n) is 9.59. The highest BCUT2D eigenvalue weighted by Gasteiger charge is 2.35. The summed E-state index contributed by atoms with van der Waals surface area (Å²) >= 11 is 0. The van der Waals surface area contributed by atoms with Gasteiger partial charge in [-0.25, -0.2) is 0 Å². The third kappa shape index (κ3) is 2.76. The predicted octanol–water partition coefficient (Wildman–Crippen LogP) is -0.670. The molecule has 4 atom stereocenters. The van der Waals surface area contributed by atoms with Crippen molar-refractivity contribution in [2.24, 2.45) is 17.6 Å². The van der Waals surface area contributed by atoms with Crippen LogP contribution in [0, 0.1) is 11.8 Å². The van der Waals surface area contributed by atoms with Gasteiger partial charge in [-0.1, -0.05) is 0 Å². The topological polar surface area (TPSA) is 102 Å². The van der Waals surface area contributed by atoms with Crippen LogP contribution in [0.15, 0.2) is 0 Å². The highest BCUT2D eigenvalue weighted by molar-refractivity contribution is 5.80. The van der Waals surface area contributed by atoms with Gasteiger partial charge < -0.3 is 20.9 Å². The molecule has 17 heavy (non-hydrogen) atoms. The van der Waals surface area contributed by atoms with Crippen LogP contribution in [0.3, 0.4) is 0 Å². The number of amides is 1. The number of carboxylic acid groups (broad SMARTS) is 1. The quantitative estimate of drug-likeness (QED) is 0.609. The summed E-state index contributed by atoms with van der Waals surface area (Å²) in [6.07, 6.45) is 1.88. The van der Waals surface area contributed by atoms with Crippen LogP contribution in [-0.4, -0.2) is 42.3 Å². The third-order valence-corrected chi connectivity index (χ3v) is 3.59.